The van der Waals surface area contributed by atoms with Crippen molar-refractivity contribution in [1.29, 1.82) is 0 Å². The standard InChI is InChI=1S/C22H22N2O2/c1-17(2)22(25)26-16-20-15-24(14-19-11-7-4-8-12-19)21(23-20)13-18-9-5-3-6-10-18/h3-12,15H,1,13-14,16H2,2H3. The Morgan fingerprint density at radius 2 is 1.65 bits per heavy atom. The highest BCUT2D eigenvalue weighted by Gasteiger charge is 2.12. The van der Waals surface area contributed by atoms with E-state index in [0.29, 0.717) is 5.57 Å². The Morgan fingerprint density at radius 1 is 1.04 bits per heavy atom. The number of rotatable bonds is 7. The van der Waals surface area contributed by atoms with Gasteiger partial charge in [0.05, 0.1) is 5.69 Å². The summed E-state index contributed by atoms with van der Waals surface area (Å²) in [4.78, 5) is 16.3. The lowest BCUT2D eigenvalue weighted by molar-refractivity contribution is -0.140. The number of benzene rings is 2. The van der Waals surface area contributed by atoms with Crippen LogP contribution in [0, 0.1) is 0 Å². The molecule has 0 aliphatic heterocycles. The summed E-state index contributed by atoms with van der Waals surface area (Å²) >= 11 is 0. The molecule has 4 nitrogen and oxygen atoms in total. The van der Waals surface area contributed by atoms with Gasteiger partial charge < -0.3 is 9.30 Å². The van der Waals surface area contributed by atoms with E-state index in [1.54, 1.807) is 6.92 Å². The molecule has 0 aliphatic rings. The first-order valence-corrected chi connectivity index (χ1v) is 8.57. The zero-order valence-corrected chi connectivity index (χ0v) is 14.9. The van der Waals surface area contributed by atoms with E-state index in [0.717, 1.165) is 24.5 Å². The quantitative estimate of drug-likeness (QED) is 0.477. The second kappa shape index (κ2) is 8.30. The molecule has 3 rings (SSSR count). The Labute approximate surface area is 153 Å². The van der Waals surface area contributed by atoms with Gasteiger partial charge in [-0.2, -0.15) is 0 Å². The van der Waals surface area contributed by atoms with Crippen LogP contribution in [0.25, 0.3) is 0 Å². The highest BCUT2D eigenvalue weighted by Crippen LogP contribution is 2.14. The molecule has 0 atom stereocenters. The topological polar surface area (TPSA) is 44.1 Å². The highest BCUT2D eigenvalue weighted by atomic mass is 16.5. The second-order valence-corrected chi connectivity index (χ2v) is 6.28. The molecule has 0 bridgehead atoms. The largest absolute Gasteiger partial charge is 0.456 e. The van der Waals surface area contributed by atoms with Gasteiger partial charge in [-0.25, -0.2) is 9.78 Å². The fourth-order valence-electron chi connectivity index (χ4n) is 2.68. The molecule has 0 unspecified atom stereocenters. The Hall–Kier alpha value is -3.14. The summed E-state index contributed by atoms with van der Waals surface area (Å²) in [7, 11) is 0. The molecule has 1 aromatic heterocycles. The van der Waals surface area contributed by atoms with Gasteiger partial charge in [0.25, 0.3) is 0 Å². The van der Waals surface area contributed by atoms with E-state index in [1.807, 2.05) is 42.6 Å². The van der Waals surface area contributed by atoms with Crippen molar-refractivity contribution in [2.24, 2.45) is 0 Å². The van der Waals surface area contributed by atoms with Crippen LogP contribution < -0.4 is 0 Å². The van der Waals surface area contributed by atoms with Gasteiger partial charge in [0.15, 0.2) is 0 Å². The minimum Gasteiger partial charge on any atom is -0.456 e. The molecule has 0 saturated carbocycles. The number of nitrogens with zero attached hydrogens (tertiary/aromatic N) is 2. The first kappa shape index (κ1) is 17.7. The van der Waals surface area contributed by atoms with E-state index < -0.39 is 5.97 Å². The molecule has 0 saturated heterocycles. The van der Waals surface area contributed by atoms with Crippen LogP contribution in [0.3, 0.4) is 0 Å². The molecule has 4 heteroatoms. The molecule has 0 radical (unpaired) electrons. The number of carbonyl (C=O) groups excluding carboxylic acids is 1. The maximum atomic E-state index is 11.6. The van der Waals surface area contributed by atoms with E-state index in [4.69, 9.17) is 4.74 Å². The van der Waals surface area contributed by atoms with Crippen LogP contribution in [-0.4, -0.2) is 15.5 Å². The maximum absolute atomic E-state index is 11.6. The van der Waals surface area contributed by atoms with Crippen molar-refractivity contribution >= 4 is 5.97 Å². The molecule has 26 heavy (non-hydrogen) atoms. The number of carbonyl (C=O) groups is 1. The minimum atomic E-state index is -0.396. The molecule has 0 aliphatic carbocycles. The molecular weight excluding hydrogens is 324 g/mol. The van der Waals surface area contributed by atoms with Gasteiger partial charge >= 0.3 is 5.97 Å². The van der Waals surface area contributed by atoms with E-state index in [1.165, 1.54) is 11.1 Å². The lowest BCUT2D eigenvalue weighted by Crippen LogP contribution is -2.05. The normalized spacial score (nSPS) is 10.5. The lowest BCUT2D eigenvalue weighted by atomic mass is 10.1. The molecular formula is C22H22N2O2. The zero-order chi connectivity index (χ0) is 18.4. The van der Waals surface area contributed by atoms with E-state index in [9.17, 15) is 4.79 Å². The van der Waals surface area contributed by atoms with Crippen molar-refractivity contribution in [3.63, 3.8) is 0 Å². The summed E-state index contributed by atoms with van der Waals surface area (Å²) in [6.45, 7) is 6.11. The average molecular weight is 346 g/mol. The van der Waals surface area contributed by atoms with Crippen LogP contribution in [0.4, 0.5) is 0 Å². The zero-order valence-electron chi connectivity index (χ0n) is 14.9. The van der Waals surface area contributed by atoms with Gasteiger partial charge in [0, 0.05) is 24.7 Å². The third-order valence-electron chi connectivity index (χ3n) is 4.01. The van der Waals surface area contributed by atoms with Crippen LogP contribution in [0.15, 0.2) is 79.0 Å². The highest BCUT2D eigenvalue weighted by molar-refractivity contribution is 5.86. The fourth-order valence-corrected chi connectivity index (χ4v) is 2.68. The summed E-state index contributed by atoms with van der Waals surface area (Å²) in [6, 6.07) is 20.5. The van der Waals surface area contributed by atoms with Crippen LogP contribution >= 0.6 is 0 Å². The molecule has 0 N–H and O–H groups in total. The number of ether oxygens (including phenoxy) is 1. The first-order chi connectivity index (χ1) is 12.6. The smallest absolute Gasteiger partial charge is 0.333 e. The lowest BCUT2D eigenvalue weighted by Gasteiger charge is -2.08. The second-order valence-electron chi connectivity index (χ2n) is 6.28. The van der Waals surface area contributed by atoms with E-state index >= 15 is 0 Å². The molecule has 0 fully saturated rings. The minimum absolute atomic E-state index is 0.148. The Bertz CT molecular complexity index is 824. The van der Waals surface area contributed by atoms with Crippen LogP contribution in [0.2, 0.25) is 0 Å². The summed E-state index contributed by atoms with van der Waals surface area (Å²) < 4.78 is 7.36. The number of hydrogen-bond donors (Lipinski definition) is 0. The third kappa shape index (κ3) is 4.70. The van der Waals surface area contributed by atoms with Gasteiger partial charge in [-0.15, -0.1) is 0 Å². The third-order valence-corrected chi connectivity index (χ3v) is 4.01. The molecule has 0 amide bonds. The van der Waals surface area contributed by atoms with Gasteiger partial charge in [0.2, 0.25) is 0 Å². The number of hydrogen-bond acceptors (Lipinski definition) is 3. The predicted molar refractivity (Wildman–Crippen MR) is 102 cm³/mol. The van der Waals surface area contributed by atoms with Crippen molar-refractivity contribution in [3.8, 4) is 0 Å². The SMILES string of the molecule is C=C(C)C(=O)OCc1cn(Cc2ccccc2)c(Cc2ccccc2)n1. The summed E-state index contributed by atoms with van der Waals surface area (Å²) in [5, 5.41) is 0. The van der Waals surface area contributed by atoms with Crippen LogP contribution in [-0.2, 0) is 29.1 Å². The Morgan fingerprint density at radius 3 is 2.27 bits per heavy atom. The average Bonchev–Trinajstić information content (AvgIpc) is 3.02. The molecule has 2 aromatic carbocycles. The summed E-state index contributed by atoms with van der Waals surface area (Å²) in [6.07, 6.45) is 2.68. The van der Waals surface area contributed by atoms with Crippen molar-refractivity contribution < 1.29 is 9.53 Å². The van der Waals surface area contributed by atoms with Crippen molar-refractivity contribution in [1.82, 2.24) is 9.55 Å². The van der Waals surface area contributed by atoms with Crippen molar-refractivity contribution in [2.75, 3.05) is 0 Å². The van der Waals surface area contributed by atoms with Crippen molar-refractivity contribution in [3.05, 3.63) is 102 Å². The number of aromatic nitrogens is 2. The monoisotopic (exact) mass is 346 g/mol. The first-order valence-electron chi connectivity index (χ1n) is 8.57. The maximum Gasteiger partial charge on any atom is 0.333 e. The summed E-state index contributed by atoms with van der Waals surface area (Å²) in [5.41, 5.74) is 3.52. The summed E-state index contributed by atoms with van der Waals surface area (Å²) in [5.74, 6) is 0.550. The molecule has 0 spiro atoms. The van der Waals surface area contributed by atoms with Crippen LogP contribution in [0.5, 0.6) is 0 Å². The van der Waals surface area contributed by atoms with Gasteiger partial charge in [-0.3, -0.25) is 0 Å². The van der Waals surface area contributed by atoms with Crippen molar-refractivity contribution in [2.45, 2.75) is 26.5 Å². The predicted octanol–water partition coefficient (Wildman–Crippen LogP) is 4.14. The molecule has 3 aromatic rings. The van der Waals surface area contributed by atoms with E-state index in [2.05, 4.69) is 40.4 Å². The van der Waals surface area contributed by atoms with Gasteiger partial charge in [0.1, 0.15) is 12.4 Å². The molecule has 1 heterocycles. The Kier molecular flexibility index (Phi) is 5.64. The number of imidazole rings is 1. The molecule has 132 valence electrons. The van der Waals surface area contributed by atoms with Crippen LogP contribution in [0.1, 0.15) is 29.6 Å². The van der Waals surface area contributed by atoms with Gasteiger partial charge in [-0.05, 0) is 18.1 Å². The Balaban J connectivity index is 1.82. The fraction of sp³-hybridized carbons (Fsp3) is 0.182. The van der Waals surface area contributed by atoms with E-state index in [-0.39, 0.29) is 6.61 Å². The van der Waals surface area contributed by atoms with Gasteiger partial charge in [-0.1, -0.05) is 67.2 Å². The number of esters is 1.